The lowest BCUT2D eigenvalue weighted by Crippen LogP contribution is -2.52. The summed E-state index contributed by atoms with van der Waals surface area (Å²) in [6, 6.07) is 5.28. The van der Waals surface area contributed by atoms with Gasteiger partial charge in [0.05, 0.1) is 5.69 Å². The highest BCUT2D eigenvalue weighted by Crippen LogP contribution is 2.26. The molecule has 1 aromatic heterocycles. The van der Waals surface area contributed by atoms with Crippen LogP contribution < -0.4 is 4.90 Å². The minimum absolute atomic E-state index is 0.766. The quantitative estimate of drug-likeness (QED) is 0.670. The summed E-state index contributed by atoms with van der Waals surface area (Å²) in [6.45, 7) is 14.5. The van der Waals surface area contributed by atoms with Gasteiger partial charge in [-0.25, -0.2) is 9.97 Å². The van der Waals surface area contributed by atoms with E-state index in [1.807, 2.05) is 11.1 Å². The number of piperazine rings is 1. The molecule has 5 rings (SSSR count). The number of carbonyl (C=O) groups is 1. The molecule has 3 aliphatic rings. The fourth-order valence-corrected chi connectivity index (χ4v) is 5.03. The van der Waals surface area contributed by atoms with Crippen LogP contribution in [0.1, 0.15) is 52.8 Å². The second-order valence-corrected chi connectivity index (χ2v) is 9.91. The summed E-state index contributed by atoms with van der Waals surface area (Å²) < 4.78 is 0. The molecule has 178 valence electrons. The van der Waals surface area contributed by atoms with E-state index in [9.17, 15) is 4.79 Å². The lowest BCUT2D eigenvalue weighted by atomic mass is 9.91. The fourth-order valence-electron chi connectivity index (χ4n) is 5.03. The summed E-state index contributed by atoms with van der Waals surface area (Å²) >= 11 is 0. The number of carbonyl (C=O) groups excluding carboxylic acids is 1. The maximum atomic E-state index is 11.0. The van der Waals surface area contributed by atoms with Crippen LogP contribution in [0.4, 0.5) is 5.95 Å². The molecule has 2 fully saturated rings. The Morgan fingerprint density at radius 1 is 0.909 bits per heavy atom. The molecule has 1 saturated carbocycles. The average molecular weight is 450 g/mol. The van der Waals surface area contributed by atoms with E-state index >= 15 is 0 Å². The second kappa shape index (κ2) is 10.6. The molecule has 6 nitrogen and oxygen atoms in total. The first-order valence-electron chi connectivity index (χ1n) is 12.5. The Labute approximate surface area is 199 Å². The third kappa shape index (κ3) is 5.72. The summed E-state index contributed by atoms with van der Waals surface area (Å²) in [5, 5.41) is 0. The molecule has 0 unspecified atom stereocenters. The molecule has 1 aromatic carbocycles. The van der Waals surface area contributed by atoms with Gasteiger partial charge in [0, 0.05) is 57.9 Å². The van der Waals surface area contributed by atoms with E-state index in [2.05, 4.69) is 54.6 Å². The van der Waals surface area contributed by atoms with E-state index in [-0.39, 0.29) is 0 Å². The first-order valence-corrected chi connectivity index (χ1v) is 12.5. The molecule has 2 aromatic rings. The summed E-state index contributed by atoms with van der Waals surface area (Å²) in [5.74, 6) is 0.872. The number of fused-ring (bicyclic) bond motifs is 1. The molecule has 0 radical (unpaired) electrons. The smallest absolute Gasteiger partial charge is 0.225 e. The van der Waals surface area contributed by atoms with Crippen LogP contribution >= 0.6 is 0 Å². The minimum atomic E-state index is 0.766. The maximum absolute atomic E-state index is 11.0. The van der Waals surface area contributed by atoms with E-state index in [1.54, 1.807) is 0 Å². The van der Waals surface area contributed by atoms with Crippen LogP contribution in [-0.2, 0) is 17.6 Å². The molecular formula is C27H39N5O. The van der Waals surface area contributed by atoms with Gasteiger partial charge in [-0.3, -0.25) is 9.69 Å². The van der Waals surface area contributed by atoms with Gasteiger partial charge in [0.1, 0.15) is 0 Å². The molecule has 2 aliphatic heterocycles. The summed E-state index contributed by atoms with van der Waals surface area (Å²) in [7, 11) is 0. The number of hydrogen-bond acceptors (Lipinski definition) is 5. The highest BCUT2D eigenvalue weighted by atomic mass is 16.1. The Balaban J connectivity index is 0.000000219. The monoisotopic (exact) mass is 449 g/mol. The molecular weight excluding hydrogens is 410 g/mol. The van der Waals surface area contributed by atoms with E-state index < -0.39 is 0 Å². The highest BCUT2D eigenvalue weighted by molar-refractivity contribution is 5.47. The zero-order chi connectivity index (χ0) is 23.4. The number of aryl methyl sites for hydroxylation is 3. The van der Waals surface area contributed by atoms with Gasteiger partial charge >= 0.3 is 0 Å². The Hall–Kier alpha value is -2.47. The van der Waals surface area contributed by atoms with Crippen molar-refractivity contribution in [2.75, 3.05) is 44.2 Å². The Morgan fingerprint density at radius 3 is 2.18 bits per heavy atom. The number of anilines is 1. The molecule has 1 amide bonds. The SMILES string of the molecule is Cc1cc(C)c(C)c(C)c1.O=CN1CCc2cnc(N3CCN(C4CCC4)CC3)nc2CC1. The van der Waals surface area contributed by atoms with Gasteiger partial charge < -0.3 is 9.80 Å². The van der Waals surface area contributed by atoms with E-state index in [4.69, 9.17) is 4.98 Å². The zero-order valence-corrected chi connectivity index (χ0v) is 20.8. The normalized spacial score (nSPS) is 19.2. The van der Waals surface area contributed by atoms with Crippen LogP contribution in [0.5, 0.6) is 0 Å². The molecule has 1 saturated heterocycles. The lowest BCUT2D eigenvalue weighted by molar-refractivity contribution is -0.118. The largest absolute Gasteiger partial charge is 0.345 e. The maximum Gasteiger partial charge on any atom is 0.225 e. The Morgan fingerprint density at radius 2 is 1.58 bits per heavy atom. The van der Waals surface area contributed by atoms with Crippen LogP contribution in [0.15, 0.2) is 18.3 Å². The molecule has 6 heteroatoms. The van der Waals surface area contributed by atoms with Crippen LogP contribution in [0.3, 0.4) is 0 Å². The van der Waals surface area contributed by atoms with E-state index in [0.717, 1.165) is 76.2 Å². The predicted molar refractivity (Wildman–Crippen MR) is 134 cm³/mol. The van der Waals surface area contributed by atoms with Crippen molar-refractivity contribution >= 4 is 12.4 Å². The number of rotatable bonds is 3. The highest BCUT2D eigenvalue weighted by Gasteiger charge is 2.28. The predicted octanol–water partition coefficient (Wildman–Crippen LogP) is 3.63. The van der Waals surface area contributed by atoms with Crippen molar-refractivity contribution in [1.29, 1.82) is 0 Å². The topological polar surface area (TPSA) is 52.6 Å². The lowest BCUT2D eigenvalue weighted by Gasteiger charge is -2.43. The Kier molecular flexibility index (Phi) is 7.63. The molecule has 3 heterocycles. The van der Waals surface area contributed by atoms with Crippen molar-refractivity contribution < 1.29 is 4.79 Å². The fraction of sp³-hybridized carbons (Fsp3) is 0.593. The van der Waals surface area contributed by atoms with Crippen LogP contribution in [0, 0.1) is 27.7 Å². The number of benzene rings is 1. The van der Waals surface area contributed by atoms with Gasteiger partial charge in [0.2, 0.25) is 12.4 Å². The number of aromatic nitrogens is 2. The third-order valence-electron chi connectivity index (χ3n) is 7.65. The number of nitrogens with zero attached hydrogens (tertiary/aromatic N) is 5. The van der Waals surface area contributed by atoms with E-state index in [1.165, 1.54) is 47.1 Å². The van der Waals surface area contributed by atoms with Gasteiger partial charge in [-0.1, -0.05) is 24.1 Å². The van der Waals surface area contributed by atoms with E-state index in [0.29, 0.717) is 0 Å². The molecule has 0 bridgehead atoms. The van der Waals surface area contributed by atoms with Crippen molar-refractivity contribution in [3.8, 4) is 0 Å². The first-order chi connectivity index (χ1) is 15.9. The zero-order valence-electron chi connectivity index (χ0n) is 20.8. The van der Waals surface area contributed by atoms with Crippen molar-refractivity contribution in [1.82, 2.24) is 19.8 Å². The first kappa shape index (κ1) is 23.7. The average Bonchev–Trinajstić information content (AvgIpc) is 2.99. The van der Waals surface area contributed by atoms with Gasteiger partial charge in [-0.2, -0.15) is 0 Å². The number of amides is 1. The molecule has 0 N–H and O–H groups in total. The second-order valence-electron chi connectivity index (χ2n) is 9.91. The molecule has 1 aliphatic carbocycles. The molecule has 33 heavy (non-hydrogen) atoms. The minimum Gasteiger partial charge on any atom is -0.345 e. The van der Waals surface area contributed by atoms with Crippen molar-refractivity contribution in [2.24, 2.45) is 0 Å². The van der Waals surface area contributed by atoms with Gasteiger partial charge in [0.15, 0.2) is 0 Å². The van der Waals surface area contributed by atoms with Crippen LogP contribution in [0.2, 0.25) is 0 Å². The van der Waals surface area contributed by atoms with Gasteiger partial charge in [-0.15, -0.1) is 0 Å². The Bertz CT molecular complexity index is 940. The van der Waals surface area contributed by atoms with Gasteiger partial charge in [-0.05, 0) is 69.2 Å². The summed E-state index contributed by atoms with van der Waals surface area (Å²) in [4.78, 5) is 27.2. The molecule has 0 spiro atoms. The molecule has 0 atom stereocenters. The summed E-state index contributed by atoms with van der Waals surface area (Å²) in [5.41, 5.74) is 7.91. The van der Waals surface area contributed by atoms with Crippen LogP contribution in [-0.4, -0.2) is 71.5 Å². The van der Waals surface area contributed by atoms with Crippen molar-refractivity contribution in [3.05, 3.63) is 51.8 Å². The standard InChI is InChI=1S/C17H25N5O.C10H14/c23-13-20-6-4-14-12-18-17(19-16(14)5-7-20)22-10-8-21(9-11-22)15-2-1-3-15;1-7-5-8(2)10(4)9(3)6-7/h12-13,15H,1-11H2;5-6H,1-4H3. The third-order valence-corrected chi connectivity index (χ3v) is 7.65. The summed E-state index contributed by atoms with van der Waals surface area (Å²) in [6.07, 6.45) is 8.78. The number of hydrogen-bond donors (Lipinski definition) is 0. The van der Waals surface area contributed by atoms with Gasteiger partial charge in [0.25, 0.3) is 0 Å². The van der Waals surface area contributed by atoms with Crippen LogP contribution in [0.25, 0.3) is 0 Å². The van der Waals surface area contributed by atoms with Crippen molar-refractivity contribution in [3.63, 3.8) is 0 Å². The van der Waals surface area contributed by atoms with Crippen molar-refractivity contribution in [2.45, 2.75) is 65.8 Å².